The van der Waals surface area contributed by atoms with Crippen molar-refractivity contribution >= 4 is 11.6 Å². The number of amides is 1. The highest BCUT2D eigenvalue weighted by atomic mass is 16.5. The molecule has 0 saturated carbocycles. The van der Waals surface area contributed by atoms with Crippen molar-refractivity contribution in [2.24, 2.45) is 5.92 Å². The largest absolute Gasteiger partial charge is 0.379 e. The van der Waals surface area contributed by atoms with Crippen LogP contribution in [0.4, 0.5) is 5.69 Å². The van der Waals surface area contributed by atoms with E-state index < -0.39 is 0 Å². The molecule has 0 saturated heterocycles. The lowest BCUT2D eigenvalue weighted by Gasteiger charge is -2.08. The summed E-state index contributed by atoms with van der Waals surface area (Å²) in [4.78, 5) is 11.6. The molecule has 1 amide bonds. The van der Waals surface area contributed by atoms with Gasteiger partial charge < -0.3 is 14.8 Å². The van der Waals surface area contributed by atoms with Crippen LogP contribution >= 0.6 is 0 Å². The zero-order chi connectivity index (χ0) is 14.8. The van der Waals surface area contributed by atoms with E-state index in [1.807, 2.05) is 6.07 Å². The Bertz CT molecular complexity index is 449. The molecular weight excluding hydrogens is 256 g/mol. The number of hydrogen-bond acceptors (Lipinski definition) is 4. The van der Waals surface area contributed by atoms with Gasteiger partial charge in [-0.3, -0.25) is 4.79 Å². The van der Waals surface area contributed by atoms with E-state index in [2.05, 4.69) is 19.2 Å². The summed E-state index contributed by atoms with van der Waals surface area (Å²) in [7, 11) is 0. The van der Waals surface area contributed by atoms with Gasteiger partial charge in [-0.05, 0) is 30.2 Å². The molecule has 1 rings (SSSR count). The lowest BCUT2D eigenvalue weighted by atomic mass is 10.2. The van der Waals surface area contributed by atoms with Gasteiger partial charge in [0.15, 0.2) is 0 Å². The summed E-state index contributed by atoms with van der Waals surface area (Å²) in [5.74, 6) is 0.272. The van der Waals surface area contributed by atoms with Gasteiger partial charge in [0.25, 0.3) is 0 Å². The molecule has 0 heterocycles. The van der Waals surface area contributed by atoms with E-state index >= 15 is 0 Å². The Morgan fingerprint density at radius 3 is 2.50 bits per heavy atom. The van der Waals surface area contributed by atoms with E-state index in [-0.39, 0.29) is 12.5 Å². The maximum Gasteiger partial charge on any atom is 0.250 e. The van der Waals surface area contributed by atoms with Crippen LogP contribution in [0.3, 0.4) is 0 Å². The molecule has 0 fully saturated rings. The van der Waals surface area contributed by atoms with Gasteiger partial charge in [0.05, 0.1) is 24.8 Å². The molecule has 20 heavy (non-hydrogen) atoms. The summed E-state index contributed by atoms with van der Waals surface area (Å²) < 4.78 is 10.5. The van der Waals surface area contributed by atoms with Gasteiger partial charge in [0, 0.05) is 12.3 Å². The van der Waals surface area contributed by atoms with Crippen LogP contribution < -0.4 is 5.32 Å². The summed E-state index contributed by atoms with van der Waals surface area (Å²) in [6, 6.07) is 8.68. The number of nitrogens with one attached hydrogen (secondary N) is 1. The molecule has 0 aromatic heterocycles. The number of nitrogens with zero attached hydrogens (tertiary/aromatic N) is 1. The summed E-state index contributed by atoms with van der Waals surface area (Å²) in [5.41, 5.74) is 1.20. The maximum absolute atomic E-state index is 11.6. The highest BCUT2D eigenvalue weighted by Crippen LogP contribution is 2.08. The molecule has 1 N–H and O–H groups in total. The fourth-order valence-corrected chi connectivity index (χ4v) is 1.43. The van der Waals surface area contributed by atoms with Gasteiger partial charge in [-0.15, -0.1) is 0 Å². The Balaban J connectivity index is 2.15. The summed E-state index contributed by atoms with van der Waals surface area (Å²) in [6.45, 7) is 5.72. The zero-order valence-corrected chi connectivity index (χ0v) is 11.9. The van der Waals surface area contributed by atoms with Gasteiger partial charge in [-0.25, -0.2) is 0 Å². The fourth-order valence-electron chi connectivity index (χ4n) is 1.43. The van der Waals surface area contributed by atoms with Crippen LogP contribution in [0.25, 0.3) is 0 Å². The van der Waals surface area contributed by atoms with Crippen molar-refractivity contribution in [1.82, 2.24) is 0 Å². The van der Waals surface area contributed by atoms with Gasteiger partial charge in [0.2, 0.25) is 5.91 Å². The number of hydrogen-bond donors (Lipinski definition) is 1. The number of rotatable bonds is 8. The van der Waals surface area contributed by atoms with Crippen molar-refractivity contribution < 1.29 is 14.3 Å². The highest BCUT2D eigenvalue weighted by Gasteiger charge is 2.02. The first-order chi connectivity index (χ1) is 9.61. The molecule has 0 unspecified atom stereocenters. The Labute approximate surface area is 119 Å². The Morgan fingerprint density at radius 2 is 1.90 bits per heavy atom. The Morgan fingerprint density at radius 1 is 1.25 bits per heavy atom. The SMILES string of the molecule is CC(C)COCCOCC(=O)Nc1ccc(C#N)cc1. The molecule has 0 spiro atoms. The Kier molecular flexibility index (Phi) is 7.33. The molecule has 0 aliphatic heterocycles. The van der Waals surface area contributed by atoms with Crippen molar-refractivity contribution in [2.75, 3.05) is 31.7 Å². The van der Waals surface area contributed by atoms with Crippen molar-refractivity contribution in [1.29, 1.82) is 5.26 Å². The third-order valence-corrected chi connectivity index (χ3v) is 2.35. The molecule has 5 heteroatoms. The van der Waals surface area contributed by atoms with E-state index in [9.17, 15) is 4.79 Å². The van der Waals surface area contributed by atoms with E-state index in [1.165, 1.54) is 0 Å². The number of anilines is 1. The monoisotopic (exact) mass is 276 g/mol. The Hall–Kier alpha value is -1.90. The summed E-state index contributed by atoms with van der Waals surface area (Å²) >= 11 is 0. The second kappa shape index (κ2) is 9.08. The minimum Gasteiger partial charge on any atom is -0.379 e. The van der Waals surface area contributed by atoms with E-state index in [4.69, 9.17) is 14.7 Å². The minimum absolute atomic E-state index is 0.00889. The van der Waals surface area contributed by atoms with E-state index in [0.29, 0.717) is 37.0 Å². The third-order valence-electron chi connectivity index (χ3n) is 2.35. The molecule has 1 aromatic rings. The minimum atomic E-state index is -0.224. The molecule has 0 aliphatic carbocycles. The van der Waals surface area contributed by atoms with Gasteiger partial charge in [-0.2, -0.15) is 5.26 Å². The normalized spacial score (nSPS) is 10.3. The van der Waals surface area contributed by atoms with Crippen LogP contribution in [0.15, 0.2) is 24.3 Å². The first-order valence-electron chi connectivity index (χ1n) is 6.57. The molecule has 0 atom stereocenters. The van der Waals surface area contributed by atoms with Gasteiger partial charge in [-0.1, -0.05) is 13.8 Å². The number of carbonyl (C=O) groups is 1. The topological polar surface area (TPSA) is 71.3 Å². The fraction of sp³-hybridized carbons (Fsp3) is 0.467. The quantitative estimate of drug-likeness (QED) is 0.739. The lowest BCUT2D eigenvalue weighted by Crippen LogP contribution is -2.20. The molecule has 0 radical (unpaired) electrons. The predicted octanol–water partition coefficient (Wildman–Crippen LogP) is 2.19. The average molecular weight is 276 g/mol. The van der Waals surface area contributed by atoms with Crippen LogP contribution in [-0.4, -0.2) is 32.3 Å². The van der Waals surface area contributed by atoms with Crippen LogP contribution in [0.1, 0.15) is 19.4 Å². The third kappa shape index (κ3) is 6.88. The van der Waals surface area contributed by atoms with Crippen LogP contribution in [0, 0.1) is 17.2 Å². The molecular formula is C15H20N2O3. The molecule has 0 aliphatic rings. The second-order valence-corrected chi connectivity index (χ2v) is 4.76. The zero-order valence-electron chi connectivity index (χ0n) is 11.9. The number of benzene rings is 1. The molecule has 108 valence electrons. The summed E-state index contributed by atoms with van der Waals surface area (Å²) in [6.07, 6.45) is 0. The van der Waals surface area contributed by atoms with Crippen LogP contribution in [-0.2, 0) is 14.3 Å². The number of ether oxygens (including phenoxy) is 2. The average Bonchev–Trinajstić information content (AvgIpc) is 2.43. The number of carbonyl (C=O) groups excluding carboxylic acids is 1. The summed E-state index contributed by atoms with van der Waals surface area (Å²) in [5, 5.41) is 11.4. The molecule has 1 aromatic carbocycles. The van der Waals surface area contributed by atoms with Crippen molar-refractivity contribution in [3.8, 4) is 6.07 Å². The first kappa shape index (κ1) is 16.2. The van der Waals surface area contributed by atoms with Crippen molar-refractivity contribution in [3.63, 3.8) is 0 Å². The first-order valence-corrected chi connectivity index (χ1v) is 6.57. The van der Waals surface area contributed by atoms with E-state index in [1.54, 1.807) is 24.3 Å². The second-order valence-electron chi connectivity index (χ2n) is 4.76. The lowest BCUT2D eigenvalue weighted by molar-refractivity contribution is -0.121. The molecule has 0 bridgehead atoms. The standard InChI is InChI=1S/C15H20N2O3/c1-12(2)10-19-7-8-20-11-15(18)17-14-5-3-13(9-16)4-6-14/h3-6,12H,7-8,10-11H2,1-2H3,(H,17,18). The maximum atomic E-state index is 11.6. The van der Waals surface area contributed by atoms with Crippen LogP contribution in [0.2, 0.25) is 0 Å². The van der Waals surface area contributed by atoms with Crippen molar-refractivity contribution in [3.05, 3.63) is 29.8 Å². The molecule has 5 nitrogen and oxygen atoms in total. The number of nitriles is 1. The smallest absolute Gasteiger partial charge is 0.250 e. The van der Waals surface area contributed by atoms with Crippen molar-refractivity contribution in [2.45, 2.75) is 13.8 Å². The predicted molar refractivity (Wildman–Crippen MR) is 76.3 cm³/mol. The van der Waals surface area contributed by atoms with Gasteiger partial charge >= 0.3 is 0 Å². The van der Waals surface area contributed by atoms with Crippen LogP contribution in [0.5, 0.6) is 0 Å². The van der Waals surface area contributed by atoms with E-state index in [0.717, 1.165) is 0 Å². The highest BCUT2D eigenvalue weighted by molar-refractivity contribution is 5.91. The van der Waals surface area contributed by atoms with Gasteiger partial charge in [0.1, 0.15) is 6.61 Å².